The first-order valence-electron chi connectivity index (χ1n) is 12.5. The predicted octanol–water partition coefficient (Wildman–Crippen LogP) is 4.09. The Morgan fingerprint density at radius 2 is 2.03 bits per heavy atom. The Balaban J connectivity index is 1.51. The van der Waals surface area contributed by atoms with Crippen molar-refractivity contribution >= 4 is 17.4 Å². The van der Waals surface area contributed by atoms with E-state index in [-0.39, 0.29) is 24.1 Å². The zero-order valence-electron chi connectivity index (χ0n) is 21.3. The van der Waals surface area contributed by atoms with E-state index < -0.39 is 11.9 Å². The van der Waals surface area contributed by atoms with E-state index in [1.165, 1.54) is 4.90 Å². The lowest BCUT2D eigenvalue weighted by Gasteiger charge is -2.31. The van der Waals surface area contributed by atoms with Crippen molar-refractivity contribution in [3.05, 3.63) is 60.7 Å². The molecule has 1 atom stereocenters. The number of piperidine rings is 1. The molecule has 10 nitrogen and oxygen atoms in total. The second-order valence-corrected chi connectivity index (χ2v) is 9.54. The third-order valence-electron chi connectivity index (χ3n) is 6.49. The summed E-state index contributed by atoms with van der Waals surface area (Å²) in [4.78, 5) is 24.0. The fourth-order valence-electron chi connectivity index (χ4n) is 4.48. The number of halogens is 1. The number of pyridine rings is 1. The smallest absolute Gasteiger partial charge is 0.407 e. The lowest BCUT2D eigenvalue weighted by molar-refractivity contribution is 0.132. The summed E-state index contributed by atoms with van der Waals surface area (Å²) in [5.74, 6) is 0.437. The van der Waals surface area contributed by atoms with Crippen LogP contribution in [0, 0.1) is 5.82 Å². The van der Waals surface area contributed by atoms with Crippen molar-refractivity contribution in [1.82, 2.24) is 29.4 Å². The molecule has 0 aliphatic carbocycles. The number of likely N-dealkylation sites (tertiary alicyclic amines) is 1. The summed E-state index contributed by atoms with van der Waals surface area (Å²) < 4.78 is 23.4. The van der Waals surface area contributed by atoms with Crippen molar-refractivity contribution in [2.24, 2.45) is 0 Å². The minimum absolute atomic E-state index is 0.0313. The summed E-state index contributed by atoms with van der Waals surface area (Å²) in [5, 5.41) is 17.0. The van der Waals surface area contributed by atoms with Gasteiger partial charge in [-0.1, -0.05) is 6.07 Å². The number of nitrogens with zero attached hydrogens (tertiary/aromatic N) is 6. The molecular formula is C27H30FN7O3. The first-order valence-corrected chi connectivity index (χ1v) is 12.5. The van der Waals surface area contributed by atoms with Gasteiger partial charge in [0.05, 0.1) is 17.3 Å². The highest BCUT2D eigenvalue weighted by molar-refractivity contribution is 5.78. The maximum absolute atomic E-state index is 15.9. The van der Waals surface area contributed by atoms with Crippen molar-refractivity contribution in [2.75, 3.05) is 45.7 Å². The number of likely N-dealkylation sites (N-methyl/N-ethyl adjacent to an activating group) is 1. The number of aromatic nitrogens is 4. The van der Waals surface area contributed by atoms with Crippen molar-refractivity contribution in [3.8, 4) is 28.4 Å². The van der Waals surface area contributed by atoms with E-state index in [0.717, 1.165) is 12.1 Å². The Bertz CT molecular complexity index is 1420. The van der Waals surface area contributed by atoms with E-state index in [2.05, 4.69) is 20.4 Å². The van der Waals surface area contributed by atoms with Crippen molar-refractivity contribution < 1.29 is 19.0 Å². The number of carbonyl (C=O) groups is 1. The van der Waals surface area contributed by atoms with E-state index in [9.17, 15) is 9.90 Å². The molecule has 198 valence electrons. The SMILES string of the molecule is CN(C)CCOc1ccc(-c2nc(-c3cnn4ccccc34)nc(N[C@@H]3CCCN(C(=O)O)C3)c2F)cc1. The Morgan fingerprint density at radius 1 is 1.21 bits per heavy atom. The molecule has 3 aromatic heterocycles. The average Bonchev–Trinajstić information content (AvgIpc) is 3.35. The number of nitrogens with one attached hydrogen (secondary N) is 1. The minimum Gasteiger partial charge on any atom is -0.492 e. The normalized spacial score (nSPS) is 15.7. The summed E-state index contributed by atoms with van der Waals surface area (Å²) in [6, 6.07) is 12.5. The van der Waals surface area contributed by atoms with Gasteiger partial charge in [-0.05, 0) is 63.3 Å². The third-order valence-corrected chi connectivity index (χ3v) is 6.49. The van der Waals surface area contributed by atoms with Crippen LogP contribution in [0.1, 0.15) is 12.8 Å². The molecule has 1 aliphatic rings. The molecule has 38 heavy (non-hydrogen) atoms. The van der Waals surface area contributed by atoms with Crippen LogP contribution in [0.2, 0.25) is 0 Å². The first kappa shape index (κ1) is 25.4. The van der Waals surface area contributed by atoms with Gasteiger partial charge in [0.25, 0.3) is 0 Å². The maximum atomic E-state index is 15.9. The molecule has 11 heteroatoms. The number of anilines is 1. The molecular weight excluding hydrogens is 489 g/mol. The Hall–Kier alpha value is -4.25. The summed E-state index contributed by atoms with van der Waals surface area (Å²) in [5.41, 5.74) is 2.16. The number of rotatable bonds is 8. The Labute approximate surface area is 219 Å². The van der Waals surface area contributed by atoms with E-state index >= 15 is 4.39 Å². The zero-order chi connectivity index (χ0) is 26.6. The highest BCUT2D eigenvalue weighted by atomic mass is 19.1. The summed E-state index contributed by atoms with van der Waals surface area (Å²) in [7, 11) is 3.95. The first-order chi connectivity index (χ1) is 18.4. The molecule has 0 bridgehead atoms. The average molecular weight is 520 g/mol. The van der Waals surface area contributed by atoms with Gasteiger partial charge in [-0.3, -0.25) is 0 Å². The van der Waals surface area contributed by atoms with Crippen molar-refractivity contribution in [1.29, 1.82) is 0 Å². The summed E-state index contributed by atoms with van der Waals surface area (Å²) in [6.07, 6.45) is 3.87. The summed E-state index contributed by atoms with van der Waals surface area (Å²) >= 11 is 0. The number of fused-ring (bicyclic) bond motifs is 1. The quantitative estimate of drug-likeness (QED) is 0.358. The molecule has 5 rings (SSSR count). The van der Waals surface area contributed by atoms with Gasteiger partial charge in [0.15, 0.2) is 17.5 Å². The van der Waals surface area contributed by atoms with Gasteiger partial charge in [0, 0.05) is 37.4 Å². The second-order valence-electron chi connectivity index (χ2n) is 9.54. The van der Waals surface area contributed by atoms with Crippen LogP contribution >= 0.6 is 0 Å². The lowest BCUT2D eigenvalue weighted by Crippen LogP contribution is -2.44. The number of hydrogen-bond donors (Lipinski definition) is 2. The van der Waals surface area contributed by atoms with Crippen LogP contribution in [0.3, 0.4) is 0 Å². The van der Waals surface area contributed by atoms with Crippen LogP contribution in [-0.4, -0.2) is 87.0 Å². The van der Waals surface area contributed by atoms with Gasteiger partial charge >= 0.3 is 6.09 Å². The number of benzene rings is 1. The van der Waals surface area contributed by atoms with E-state index in [1.807, 2.05) is 43.4 Å². The molecule has 0 radical (unpaired) electrons. The fraction of sp³-hybridized carbons (Fsp3) is 0.333. The Morgan fingerprint density at radius 3 is 2.79 bits per heavy atom. The largest absolute Gasteiger partial charge is 0.492 e. The molecule has 1 aliphatic heterocycles. The van der Waals surface area contributed by atoms with E-state index in [0.29, 0.717) is 48.7 Å². The molecule has 0 spiro atoms. The van der Waals surface area contributed by atoms with Gasteiger partial charge in [0.1, 0.15) is 18.1 Å². The maximum Gasteiger partial charge on any atom is 0.407 e. The van der Waals surface area contributed by atoms with Crippen molar-refractivity contribution in [3.63, 3.8) is 0 Å². The molecule has 1 fully saturated rings. The number of hydrogen-bond acceptors (Lipinski definition) is 7. The monoisotopic (exact) mass is 519 g/mol. The van der Waals surface area contributed by atoms with Crippen LogP contribution in [0.25, 0.3) is 28.2 Å². The number of carboxylic acid groups (broad SMARTS) is 1. The van der Waals surface area contributed by atoms with Gasteiger partial charge in [-0.15, -0.1) is 0 Å². The van der Waals surface area contributed by atoms with Crippen LogP contribution in [-0.2, 0) is 0 Å². The van der Waals surface area contributed by atoms with Crippen molar-refractivity contribution in [2.45, 2.75) is 18.9 Å². The van der Waals surface area contributed by atoms with E-state index in [4.69, 9.17) is 4.74 Å². The van der Waals surface area contributed by atoms with Crippen LogP contribution in [0.5, 0.6) is 5.75 Å². The lowest BCUT2D eigenvalue weighted by atomic mass is 10.1. The molecule has 1 amide bonds. The number of amides is 1. The zero-order valence-corrected chi connectivity index (χ0v) is 21.3. The van der Waals surface area contributed by atoms with E-state index in [1.54, 1.807) is 35.0 Å². The highest BCUT2D eigenvalue weighted by Gasteiger charge is 2.26. The minimum atomic E-state index is -0.986. The summed E-state index contributed by atoms with van der Waals surface area (Å²) in [6.45, 7) is 2.03. The topological polar surface area (TPSA) is 108 Å². The van der Waals surface area contributed by atoms with Gasteiger partial charge < -0.3 is 25.0 Å². The van der Waals surface area contributed by atoms with Gasteiger partial charge in [-0.25, -0.2) is 23.7 Å². The second kappa shape index (κ2) is 11.0. The molecule has 1 aromatic carbocycles. The highest BCUT2D eigenvalue weighted by Crippen LogP contribution is 2.32. The standard InChI is InChI=1S/C27H30FN7O3/c1-33(2)14-15-38-20-10-8-18(9-11-20)24-23(28)26(30-19-6-5-12-34(17-19)27(36)37)32-25(31-24)21-16-29-35-13-4-3-7-22(21)35/h3-4,7-11,13,16,19H,5-6,12,14-15,17H2,1-2H3,(H,36,37)(H,30,31,32)/t19-/m1/s1. The molecule has 4 heterocycles. The van der Waals surface area contributed by atoms with Gasteiger partial charge in [0.2, 0.25) is 0 Å². The third kappa shape index (κ3) is 5.52. The Kier molecular flexibility index (Phi) is 7.36. The van der Waals surface area contributed by atoms with Gasteiger partial charge in [-0.2, -0.15) is 5.10 Å². The van der Waals surface area contributed by atoms with Crippen LogP contribution < -0.4 is 10.1 Å². The molecule has 0 saturated carbocycles. The molecule has 4 aromatic rings. The fourth-order valence-corrected chi connectivity index (χ4v) is 4.48. The van der Waals surface area contributed by atoms with Crippen LogP contribution in [0.4, 0.5) is 15.0 Å². The predicted molar refractivity (Wildman–Crippen MR) is 142 cm³/mol. The number of ether oxygens (including phenoxy) is 1. The molecule has 1 saturated heterocycles. The molecule has 2 N–H and O–H groups in total. The van der Waals surface area contributed by atoms with Crippen LogP contribution in [0.15, 0.2) is 54.9 Å². The molecule has 0 unspecified atom stereocenters.